The Hall–Kier alpha value is -2.17. The van der Waals surface area contributed by atoms with Crippen LogP contribution in [0.5, 0.6) is 0 Å². The first-order valence-electron chi connectivity index (χ1n) is 8.16. The molecule has 142 valence electrons. The molecule has 0 saturated heterocycles. The average molecular weight is 471 g/mol. The lowest BCUT2D eigenvalue weighted by Gasteiger charge is -2.12. The maximum Gasteiger partial charge on any atom is 0.226 e. The summed E-state index contributed by atoms with van der Waals surface area (Å²) in [6.45, 7) is 4.90. The van der Waals surface area contributed by atoms with Crippen LogP contribution in [-0.4, -0.2) is 33.7 Å². The summed E-state index contributed by atoms with van der Waals surface area (Å²) in [5.74, 6) is 1.48. The number of aliphatic imine (C=N–C) groups is 1. The molecular weight excluding hydrogens is 445 g/mol. The van der Waals surface area contributed by atoms with Gasteiger partial charge in [-0.05, 0) is 17.7 Å². The smallest absolute Gasteiger partial charge is 0.226 e. The van der Waals surface area contributed by atoms with Gasteiger partial charge in [0, 0.05) is 32.2 Å². The molecule has 0 atom stereocenters. The minimum atomic E-state index is -0.0374. The third kappa shape index (κ3) is 6.62. The normalized spacial score (nSPS) is 11.0. The summed E-state index contributed by atoms with van der Waals surface area (Å²) in [5, 5.41) is 13.3. The molecule has 3 N–H and O–H groups in total. The van der Waals surface area contributed by atoms with E-state index >= 15 is 0 Å². The third-order valence-electron chi connectivity index (χ3n) is 3.65. The molecule has 0 bridgehead atoms. The molecule has 1 aromatic carbocycles. The van der Waals surface area contributed by atoms with Gasteiger partial charge in [-0.15, -0.1) is 24.0 Å². The van der Waals surface area contributed by atoms with Gasteiger partial charge in [0.15, 0.2) is 5.96 Å². The van der Waals surface area contributed by atoms with E-state index in [1.807, 2.05) is 45.2 Å². The van der Waals surface area contributed by atoms with Crippen LogP contribution in [0.4, 0.5) is 5.69 Å². The Bertz CT molecular complexity index is 725. The quantitative estimate of drug-likeness (QED) is 0.340. The molecule has 0 aliphatic carbocycles. The Morgan fingerprint density at radius 2 is 1.85 bits per heavy atom. The van der Waals surface area contributed by atoms with Crippen LogP contribution in [0.3, 0.4) is 0 Å². The minimum absolute atomic E-state index is 0. The van der Waals surface area contributed by atoms with E-state index in [1.165, 1.54) is 6.33 Å². The van der Waals surface area contributed by atoms with Crippen molar-refractivity contribution >= 4 is 41.5 Å². The monoisotopic (exact) mass is 471 g/mol. The number of amides is 1. The van der Waals surface area contributed by atoms with Crippen molar-refractivity contribution in [2.45, 2.75) is 26.9 Å². The van der Waals surface area contributed by atoms with E-state index in [2.05, 4.69) is 31.0 Å². The molecule has 0 aliphatic rings. The molecule has 1 aromatic heterocycles. The van der Waals surface area contributed by atoms with E-state index in [0.29, 0.717) is 19.0 Å². The second-order valence-corrected chi connectivity index (χ2v) is 5.92. The van der Waals surface area contributed by atoms with Crippen molar-refractivity contribution in [2.24, 2.45) is 18.0 Å². The predicted molar refractivity (Wildman–Crippen MR) is 113 cm³/mol. The van der Waals surface area contributed by atoms with Crippen LogP contribution in [0.15, 0.2) is 35.6 Å². The highest BCUT2D eigenvalue weighted by Gasteiger charge is 2.07. The molecule has 9 heteroatoms. The Morgan fingerprint density at radius 1 is 1.19 bits per heavy atom. The Morgan fingerprint density at radius 3 is 2.38 bits per heavy atom. The molecule has 26 heavy (non-hydrogen) atoms. The van der Waals surface area contributed by atoms with Gasteiger partial charge in [-0.25, -0.2) is 4.98 Å². The second kappa shape index (κ2) is 10.7. The number of nitrogens with zero attached hydrogens (tertiary/aromatic N) is 4. The summed E-state index contributed by atoms with van der Waals surface area (Å²) in [4.78, 5) is 20.0. The number of halogens is 1. The molecule has 0 saturated carbocycles. The van der Waals surface area contributed by atoms with Crippen molar-refractivity contribution in [3.63, 3.8) is 0 Å². The number of aromatic nitrogens is 3. The molecule has 8 nitrogen and oxygen atoms in total. The van der Waals surface area contributed by atoms with E-state index in [9.17, 15) is 4.79 Å². The molecule has 1 amide bonds. The predicted octanol–water partition coefficient (Wildman–Crippen LogP) is 1.89. The molecule has 0 radical (unpaired) electrons. The number of aryl methyl sites for hydroxylation is 1. The largest absolute Gasteiger partial charge is 0.352 e. The summed E-state index contributed by atoms with van der Waals surface area (Å²) < 4.78 is 1.71. The van der Waals surface area contributed by atoms with Gasteiger partial charge < -0.3 is 16.0 Å². The second-order valence-electron chi connectivity index (χ2n) is 5.92. The molecule has 0 fully saturated rings. The maximum atomic E-state index is 11.7. The third-order valence-corrected chi connectivity index (χ3v) is 3.65. The van der Waals surface area contributed by atoms with Crippen LogP contribution in [0, 0.1) is 5.92 Å². The summed E-state index contributed by atoms with van der Waals surface area (Å²) in [6.07, 6.45) is 1.52. The molecule has 0 unspecified atom stereocenters. The van der Waals surface area contributed by atoms with Crippen LogP contribution in [0.2, 0.25) is 0 Å². The van der Waals surface area contributed by atoms with Gasteiger partial charge in [0.25, 0.3) is 0 Å². The Balaban J connectivity index is 0.00000338. The van der Waals surface area contributed by atoms with E-state index in [1.54, 1.807) is 11.7 Å². The van der Waals surface area contributed by atoms with Crippen molar-refractivity contribution < 1.29 is 4.79 Å². The lowest BCUT2D eigenvalue weighted by Crippen LogP contribution is -2.36. The summed E-state index contributed by atoms with van der Waals surface area (Å²) >= 11 is 0. The van der Waals surface area contributed by atoms with E-state index in [-0.39, 0.29) is 35.8 Å². The highest BCUT2D eigenvalue weighted by Crippen LogP contribution is 2.10. The number of rotatable bonds is 6. The van der Waals surface area contributed by atoms with Crippen molar-refractivity contribution in [2.75, 3.05) is 12.4 Å². The van der Waals surface area contributed by atoms with Crippen molar-refractivity contribution in [1.29, 1.82) is 0 Å². The van der Waals surface area contributed by atoms with Crippen LogP contribution in [-0.2, 0) is 24.9 Å². The summed E-state index contributed by atoms with van der Waals surface area (Å²) in [5.41, 5.74) is 1.89. The molecule has 2 rings (SSSR count). The highest BCUT2D eigenvalue weighted by molar-refractivity contribution is 14.0. The average Bonchev–Trinajstić information content (AvgIpc) is 3.01. The van der Waals surface area contributed by atoms with Gasteiger partial charge in [0.1, 0.15) is 12.2 Å². The van der Waals surface area contributed by atoms with Gasteiger partial charge in [-0.1, -0.05) is 26.0 Å². The van der Waals surface area contributed by atoms with Crippen LogP contribution < -0.4 is 16.0 Å². The van der Waals surface area contributed by atoms with E-state index < -0.39 is 0 Å². The molecule has 0 spiro atoms. The first-order valence-corrected chi connectivity index (χ1v) is 8.16. The first kappa shape index (κ1) is 21.9. The maximum absolute atomic E-state index is 11.7. The van der Waals surface area contributed by atoms with Crippen molar-refractivity contribution in [1.82, 2.24) is 25.4 Å². The Kier molecular flexibility index (Phi) is 9.03. The number of hydrogen-bond donors (Lipinski definition) is 3. The molecular formula is C17H26IN7O. The van der Waals surface area contributed by atoms with Crippen LogP contribution in [0.25, 0.3) is 0 Å². The Labute approximate surface area is 170 Å². The fourth-order valence-corrected chi connectivity index (χ4v) is 2.04. The highest BCUT2D eigenvalue weighted by atomic mass is 127. The number of guanidine groups is 1. The van der Waals surface area contributed by atoms with Gasteiger partial charge in [0.2, 0.25) is 5.91 Å². The number of hydrogen-bond acceptors (Lipinski definition) is 4. The van der Waals surface area contributed by atoms with Gasteiger partial charge in [-0.3, -0.25) is 14.5 Å². The number of carbonyl (C=O) groups excluding carboxylic acids is 1. The molecule has 1 heterocycles. The van der Waals surface area contributed by atoms with E-state index in [4.69, 9.17) is 0 Å². The lowest BCUT2D eigenvalue weighted by molar-refractivity contribution is -0.118. The fourth-order valence-electron chi connectivity index (χ4n) is 2.04. The summed E-state index contributed by atoms with van der Waals surface area (Å²) in [6, 6.07) is 7.73. The number of nitrogens with one attached hydrogen (secondary N) is 3. The van der Waals surface area contributed by atoms with Crippen molar-refractivity contribution in [3.8, 4) is 0 Å². The van der Waals surface area contributed by atoms with Gasteiger partial charge in [0.05, 0.1) is 6.54 Å². The van der Waals surface area contributed by atoms with Crippen LogP contribution in [0.1, 0.15) is 25.2 Å². The standard InChI is InChI=1S/C17H25N7O.HI/c1-12(2)16(25)23-14-7-5-13(6-8-14)9-19-17(18-3)20-10-15-21-11-22-24(15)4;/h5-8,11-12H,9-10H2,1-4H3,(H,23,25)(H2,18,19,20);1H. The lowest BCUT2D eigenvalue weighted by atomic mass is 10.1. The zero-order valence-corrected chi connectivity index (χ0v) is 17.8. The zero-order valence-electron chi connectivity index (χ0n) is 15.5. The molecule has 0 aliphatic heterocycles. The SMILES string of the molecule is CN=C(NCc1ccc(NC(=O)C(C)C)cc1)NCc1ncnn1C.I. The van der Waals surface area contributed by atoms with Gasteiger partial charge >= 0.3 is 0 Å². The minimum Gasteiger partial charge on any atom is -0.352 e. The number of benzene rings is 1. The van der Waals surface area contributed by atoms with E-state index in [0.717, 1.165) is 17.1 Å². The van der Waals surface area contributed by atoms with Gasteiger partial charge in [-0.2, -0.15) is 5.10 Å². The number of carbonyl (C=O) groups is 1. The molecule has 2 aromatic rings. The summed E-state index contributed by atoms with van der Waals surface area (Å²) in [7, 11) is 3.57. The fraction of sp³-hybridized carbons (Fsp3) is 0.412. The zero-order chi connectivity index (χ0) is 18.2. The van der Waals surface area contributed by atoms with Crippen LogP contribution >= 0.6 is 24.0 Å². The van der Waals surface area contributed by atoms with Crippen molar-refractivity contribution in [3.05, 3.63) is 42.0 Å². The number of anilines is 1. The first-order chi connectivity index (χ1) is 12.0. The topological polar surface area (TPSA) is 96.2 Å².